The number of hydrogen-bond acceptors (Lipinski definition) is 5. The zero-order valence-corrected chi connectivity index (χ0v) is 13.1. The van der Waals surface area contributed by atoms with Crippen LogP contribution in [0.2, 0.25) is 0 Å². The first-order chi connectivity index (χ1) is 9.99. The molecule has 0 fully saturated rings. The molecule has 6 heteroatoms. The lowest BCUT2D eigenvalue weighted by Gasteiger charge is -2.21. The predicted octanol–water partition coefficient (Wildman–Crippen LogP) is 2.98. The molecule has 0 aliphatic carbocycles. The van der Waals surface area contributed by atoms with Crippen LogP contribution in [0.1, 0.15) is 37.0 Å². The molecular weight excluding hydrogens is 276 g/mol. The van der Waals surface area contributed by atoms with Crippen LogP contribution in [0, 0.1) is 0 Å². The van der Waals surface area contributed by atoms with Gasteiger partial charge in [-0.2, -0.15) is 0 Å². The third kappa shape index (κ3) is 3.71. The summed E-state index contributed by atoms with van der Waals surface area (Å²) < 4.78 is 21.5. The van der Waals surface area contributed by atoms with Gasteiger partial charge in [0.05, 0.1) is 27.4 Å². The molecule has 0 aromatic heterocycles. The summed E-state index contributed by atoms with van der Waals surface area (Å²) in [7, 11) is 4.32. The average Bonchev–Trinajstić information content (AvgIpc) is 2.46. The minimum Gasteiger partial charge on any atom is -0.493 e. The summed E-state index contributed by atoms with van der Waals surface area (Å²) >= 11 is 0. The number of aromatic carboxylic acids is 1. The highest BCUT2D eigenvalue weighted by Gasteiger charge is 2.26. The Morgan fingerprint density at radius 2 is 1.76 bits per heavy atom. The first-order valence-electron chi connectivity index (χ1n) is 6.72. The van der Waals surface area contributed by atoms with E-state index in [1.54, 1.807) is 0 Å². The second kappa shape index (κ2) is 7.61. The topological polar surface area (TPSA) is 74.2 Å². The minimum atomic E-state index is -1.12. The Balaban J connectivity index is 3.45. The number of rotatable bonds is 8. The second-order valence-electron chi connectivity index (χ2n) is 4.54. The van der Waals surface area contributed by atoms with Crippen LogP contribution in [0.15, 0.2) is 6.07 Å². The molecule has 1 aromatic carbocycles. The van der Waals surface area contributed by atoms with Gasteiger partial charge in [-0.25, -0.2) is 4.79 Å². The third-order valence-corrected chi connectivity index (χ3v) is 3.03. The van der Waals surface area contributed by atoms with Crippen LogP contribution in [0.3, 0.4) is 0 Å². The standard InChI is InChI=1S/C15H22O6/c1-6-7-9(2)21-12-10(15(16)17)8-11(18-3)13(19-4)14(12)20-5/h8-9H,6-7H2,1-5H3,(H,16,17). The zero-order chi connectivity index (χ0) is 16.0. The molecule has 118 valence electrons. The first kappa shape index (κ1) is 16.9. The molecule has 0 aliphatic heterocycles. The number of carbonyl (C=O) groups is 1. The van der Waals surface area contributed by atoms with E-state index in [0.29, 0.717) is 5.75 Å². The van der Waals surface area contributed by atoms with Crippen molar-refractivity contribution in [1.29, 1.82) is 0 Å². The molecule has 0 spiro atoms. The number of carboxylic acids is 1. The molecule has 1 aromatic rings. The van der Waals surface area contributed by atoms with Gasteiger partial charge < -0.3 is 24.1 Å². The first-order valence-corrected chi connectivity index (χ1v) is 6.72. The van der Waals surface area contributed by atoms with E-state index in [9.17, 15) is 9.90 Å². The highest BCUT2D eigenvalue weighted by atomic mass is 16.5. The Morgan fingerprint density at radius 3 is 2.19 bits per heavy atom. The van der Waals surface area contributed by atoms with Crippen molar-refractivity contribution in [2.24, 2.45) is 0 Å². The van der Waals surface area contributed by atoms with E-state index in [1.807, 2.05) is 13.8 Å². The molecule has 0 amide bonds. The third-order valence-electron chi connectivity index (χ3n) is 3.03. The van der Waals surface area contributed by atoms with Crippen LogP contribution < -0.4 is 18.9 Å². The van der Waals surface area contributed by atoms with Crippen molar-refractivity contribution in [3.05, 3.63) is 11.6 Å². The molecule has 0 saturated heterocycles. The van der Waals surface area contributed by atoms with Gasteiger partial charge in [0.15, 0.2) is 11.5 Å². The van der Waals surface area contributed by atoms with Gasteiger partial charge in [-0.15, -0.1) is 0 Å². The highest BCUT2D eigenvalue weighted by molar-refractivity contribution is 5.93. The molecule has 21 heavy (non-hydrogen) atoms. The molecule has 0 aliphatic rings. The lowest BCUT2D eigenvalue weighted by molar-refractivity contribution is 0.0687. The molecule has 1 unspecified atom stereocenters. The van der Waals surface area contributed by atoms with Gasteiger partial charge in [0.25, 0.3) is 0 Å². The average molecular weight is 298 g/mol. The van der Waals surface area contributed by atoms with E-state index in [4.69, 9.17) is 18.9 Å². The van der Waals surface area contributed by atoms with E-state index < -0.39 is 5.97 Å². The van der Waals surface area contributed by atoms with Gasteiger partial charge in [0.1, 0.15) is 5.56 Å². The van der Waals surface area contributed by atoms with Crippen LogP contribution in [0.25, 0.3) is 0 Å². The maximum atomic E-state index is 11.5. The van der Waals surface area contributed by atoms with Gasteiger partial charge in [-0.05, 0) is 13.3 Å². The number of hydrogen-bond donors (Lipinski definition) is 1. The lowest BCUT2D eigenvalue weighted by atomic mass is 10.1. The van der Waals surface area contributed by atoms with E-state index >= 15 is 0 Å². The monoisotopic (exact) mass is 298 g/mol. The summed E-state index contributed by atoms with van der Waals surface area (Å²) in [6, 6.07) is 1.37. The summed E-state index contributed by atoms with van der Waals surface area (Å²) in [6.45, 7) is 3.91. The number of ether oxygens (including phenoxy) is 4. The molecule has 0 radical (unpaired) electrons. The van der Waals surface area contributed by atoms with E-state index in [-0.39, 0.29) is 28.9 Å². The largest absolute Gasteiger partial charge is 0.493 e. The normalized spacial score (nSPS) is 11.7. The predicted molar refractivity (Wildman–Crippen MR) is 78.1 cm³/mol. The van der Waals surface area contributed by atoms with Crippen molar-refractivity contribution in [3.8, 4) is 23.0 Å². The van der Waals surface area contributed by atoms with Crippen LogP contribution in [-0.2, 0) is 0 Å². The van der Waals surface area contributed by atoms with E-state index in [2.05, 4.69) is 0 Å². The fourth-order valence-corrected chi connectivity index (χ4v) is 2.07. The van der Waals surface area contributed by atoms with E-state index in [1.165, 1.54) is 27.4 Å². The van der Waals surface area contributed by atoms with Crippen molar-refractivity contribution in [3.63, 3.8) is 0 Å². The zero-order valence-electron chi connectivity index (χ0n) is 13.1. The smallest absolute Gasteiger partial charge is 0.339 e. The van der Waals surface area contributed by atoms with Gasteiger partial charge in [-0.1, -0.05) is 13.3 Å². The molecule has 0 saturated carbocycles. The van der Waals surface area contributed by atoms with Crippen molar-refractivity contribution in [2.45, 2.75) is 32.8 Å². The van der Waals surface area contributed by atoms with Gasteiger partial charge in [-0.3, -0.25) is 0 Å². The number of carboxylic acid groups (broad SMARTS) is 1. The van der Waals surface area contributed by atoms with Crippen LogP contribution in [0.4, 0.5) is 0 Å². The maximum Gasteiger partial charge on any atom is 0.339 e. The van der Waals surface area contributed by atoms with Crippen molar-refractivity contribution in [2.75, 3.05) is 21.3 Å². The summed E-state index contributed by atoms with van der Waals surface area (Å²) in [5.41, 5.74) is -0.0209. The van der Waals surface area contributed by atoms with Crippen molar-refractivity contribution in [1.82, 2.24) is 0 Å². The highest BCUT2D eigenvalue weighted by Crippen LogP contribution is 2.47. The fraction of sp³-hybridized carbons (Fsp3) is 0.533. The van der Waals surface area contributed by atoms with Crippen LogP contribution in [0.5, 0.6) is 23.0 Å². The summed E-state index contributed by atoms with van der Waals surface area (Å²) in [4.78, 5) is 11.5. The molecule has 1 N–H and O–H groups in total. The Morgan fingerprint density at radius 1 is 1.14 bits per heavy atom. The summed E-state index contributed by atoms with van der Waals surface area (Å²) in [5, 5.41) is 9.38. The fourth-order valence-electron chi connectivity index (χ4n) is 2.07. The second-order valence-corrected chi connectivity index (χ2v) is 4.54. The quantitative estimate of drug-likeness (QED) is 0.795. The van der Waals surface area contributed by atoms with Crippen LogP contribution in [-0.4, -0.2) is 38.5 Å². The molecule has 0 bridgehead atoms. The number of methoxy groups -OCH3 is 3. The summed E-state index contributed by atoms with van der Waals surface area (Å²) in [6.07, 6.45) is 1.59. The van der Waals surface area contributed by atoms with Crippen molar-refractivity contribution < 1.29 is 28.8 Å². The Kier molecular flexibility index (Phi) is 6.14. The minimum absolute atomic E-state index is 0.0209. The SMILES string of the molecule is CCCC(C)Oc1c(C(=O)O)cc(OC)c(OC)c1OC. The Bertz CT molecular complexity index is 497. The van der Waals surface area contributed by atoms with Gasteiger partial charge in [0.2, 0.25) is 11.5 Å². The Hall–Kier alpha value is -2.11. The van der Waals surface area contributed by atoms with Crippen molar-refractivity contribution >= 4 is 5.97 Å². The number of benzene rings is 1. The van der Waals surface area contributed by atoms with Gasteiger partial charge >= 0.3 is 5.97 Å². The molecule has 1 atom stereocenters. The molecule has 0 heterocycles. The molecule has 6 nitrogen and oxygen atoms in total. The van der Waals surface area contributed by atoms with Crippen LogP contribution >= 0.6 is 0 Å². The van der Waals surface area contributed by atoms with E-state index in [0.717, 1.165) is 12.8 Å². The lowest BCUT2D eigenvalue weighted by Crippen LogP contribution is -2.15. The molecular formula is C15H22O6. The van der Waals surface area contributed by atoms with Gasteiger partial charge in [0, 0.05) is 6.07 Å². The maximum absolute atomic E-state index is 11.5. The Labute approximate surface area is 124 Å². The molecule has 1 rings (SSSR count). The summed E-state index contributed by atoms with van der Waals surface area (Å²) in [5.74, 6) is -0.153.